The van der Waals surface area contributed by atoms with Gasteiger partial charge in [0.1, 0.15) is 0 Å². The van der Waals surface area contributed by atoms with Crippen LogP contribution in [0.4, 0.5) is 0 Å². The van der Waals surface area contributed by atoms with Crippen molar-refractivity contribution in [1.29, 1.82) is 0 Å². The van der Waals surface area contributed by atoms with Crippen molar-refractivity contribution < 1.29 is 9.90 Å². The van der Waals surface area contributed by atoms with Crippen LogP contribution >= 0.6 is 0 Å². The second-order valence-electron chi connectivity index (χ2n) is 5.08. The van der Waals surface area contributed by atoms with Gasteiger partial charge in [0.25, 0.3) is 0 Å². The van der Waals surface area contributed by atoms with Crippen LogP contribution < -0.4 is 5.32 Å². The summed E-state index contributed by atoms with van der Waals surface area (Å²) in [5, 5.41) is 12.4. The fourth-order valence-corrected chi connectivity index (χ4v) is 1.95. The van der Waals surface area contributed by atoms with E-state index in [0.717, 1.165) is 24.8 Å². The molecule has 0 radical (unpaired) electrons. The molecule has 3 heteroatoms. The van der Waals surface area contributed by atoms with Gasteiger partial charge in [-0.3, -0.25) is 4.79 Å². The highest BCUT2D eigenvalue weighted by molar-refractivity contribution is 5.91. The summed E-state index contributed by atoms with van der Waals surface area (Å²) >= 11 is 0. The largest absolute Gasteiger partial charge is 0.391 e. The van der Waals surface area contributed by atoms with E-state index in [1.165, 1.54) is 11.6 Å². The average molecular weight is 259 g/mol. The molecule has 1 amide bonds. The molecule has 1 aliphatic carbocycles. The fourth-order valence-electron chi connectivity index (χ4n) is 1.95. The monoisotopic (exact) mass is 259 g/mol. The molecule has 102 valence electrons. The Morgan fingerprint density at radius 2 is 2.11 bits per heavy atom. The molecule has 1 aromatic carbocycles. The van der Waals surface area contributed by atoms with E-state index >= 15 is 0 Å². The maximum atomic E-state index is 11.6. The summed E-state index contributed by atoms with van der Waals surface area (Å²) < 4.78 is 0. The first-order valence-electron chi connectivity index (χ1n) is 6.92. The van der Waals surface area contributed by atoms with Crippen LogP contribution in [0.25, 0.3) is 6.08 Å². The first-order valence-corrected chi connectivity index (χ1v) is 6.92. The van der Waals surface area contributed by atoms with Crippen molar-refractivity contribution in [2.75, 3.05) is 6.54 Å². The molecule has 1 aromatic rings. The number of benzene rings is 1. The van der Waals surface area contributed by atoms with Crippen molar-refractivity contribution in [1.82, 2.24) is 5.32 Å². The van der Waals surface area contributed by atoms with E-state index in [1.54, 1.807) is 6.08 Å². The van der Waals surface area contributed by atoms with E-state index in [2.05, 4.69) is 24.4 Å². The number of aryl methyl sites for hydroxylation is 1. The van der Waals surface area contributed by atoms with Crippen LogP contribution in [0, 0.1) is 5.92 Å². The second-order valence-corrected chi connectivity index (χ2v) is 5.08. The fraction of sp³-hybridized carbons (Fsp3) is 0.438. The molecule has 1 unspecified atom stereocenters. The first-order chi connectivity index (χ1) is 9.19. The Kier molecular flexibility index (Phi) is 4.74. The van der Waals surface area contributed by atoms with Gasteiger partial charge in [-0.25, -0.2) is 0 Å². The number of aliphatic hydroxyl groups is 1. The van der Waals surface area contributed by atoms with E-state index in [4.69, 9.17) is 0 Å². The van der Waals surface area contributed by atoms with E-state index in [9.17, 15) is 9.90 Å². The predicted octanol–water partition coefficient (Wildman–Crippen LogP) is 2.15. The van der Waals surface area contributed by atoms with Crippen LogP contribution in [0.5, 0.6) is 0 Å². The molecule has 2 N–H and O–H groups in total. The van der Waals surface area contributed by atoms with Crippen molar-refractivity contribution in [2.24, 2.45) is 5.92 Å². The van der Waals surface area contributed by atoms with Gasteiger partial charge in [0.2, 0.25) is 5.91 Å². The Hall–Kier alpha value is -1.61. The Morgan fingerprint density at radius 1 is 1.42 bits per heavy atom. The summed E-state index contributed by atoms with van der Waals surface area (Å²) in [6.07, 6.45) is 6.09. The summed E-state index contributed by atoms with van der Waals surface area (Å²) in [6.45, 7) is 2.46. The van der Waals surface area contributed by atoms with Gasteiger partial charge in [0.05, 0.1) is 6.10 Å². The molecular weight excluding hydrogens is 238 g/mol. The van der Waals surface area contributed by atoms with Gasteiger partial charge in [-0.15, -0.1) is 0 Å². The molecule has 0 aromatic heterocycles. The maximum absolute atomic E-state index is 11.6. The van der Waals surface area contributed by atoms with Gasteiger partial charge in [-0.2, -0.15) is 0 Å². The van der Waals surface area contributed by atoms with Gasteiger partial charge >= 0.3 is 0 Å². The highest BCUT2D eigenvalue weighted by Crippen LogP contribution is 2.32. The topological polar surface area (TPSA) is 49.3 Å². The number of carbonyl (C=O) groups is 1. The summed E-state index contributed by atoms with van der Waals surface area (Å²) in [5.41, 5.74) is 2.30. The third kappa shape index (κ3) is 4.52. The number of rotatable bonds is 6. The maximum Gasteiger partial charge on any atom is 0.244 e. The molecule has 1 atom stereocenters. The number of nitrogens with one attached hydrogen (secondary N) is 1. The molecular formula is C16H21NO2. The quantitative estimate of drug-likeness (QED) is 0.769. The van der Waals surface area contributed by atoms with Crippen molar-refractivity contribution in [2.45, 2.75) is 32.3 Å². The zero-order valence-electron chi connectivity index (χ0n) is 11.3. The minimum Gasteiger partial charge on any atom is -0.391 e. The molecule has 3 nitrogen and oxygen atoms in total. The normalized spacial score (nSPS) is 16.5. The van der Waals surface area contributed by atoms with Crippen LogP contribution in [0.3, 0.4) is 0 Å². The lowest BCUT2D eigenvalue weighted by atomic mass is 10.1. The van der Waals surface area contributed by atoms with Gasteiger partial charge in [-0.05, 0) is 42.4 Å². The summed E-state index contributed by atoms with van der Waals surface area (Å²) in [5.74, 6) is 0.241. The van der Waals surface area contributed by atoms with Gasteiger partial charge < -0.3 is 10.4 Å². The standard InChI is InChI=1S/C16H21NO2/c1-2-12-3-5-13(6-4-12)7-10-16(19)17-11-15(18)14-8-9-14/h3-7,10,14-15,18H,2,8-9,11H2,1H3,(H,17,19). The summed E-state index contributed by atoms with van der Waals surface area (Å²) in [4.78, 5) is 11.6. The lowest BCUT2D eigenvalue weighted by Gasteiger charge is -2.08. The average Bonchev–Trinajstić information content (AvgIpc) is 3.27. The zero-order chi connectivity index (χ0) is 13.7. The molecule has 1 fully saturated rings. The van der Waals surface area contributed by atoms with Crippen molar-refractivity contribution in [3.63, 3.8) is 0 Å². The van der Waals surface area contributed by atoms with Crippen LogP contribution in [0.1, 0.15) is 30.9 Å². The molecule has 2 rings (SSSR count). The summed E-state index contributed by atoms with van der Waals surface area (Å²) in [6, 6.07) is 8.13. The minimum atomic E-state index is -0.388. The van der Waals surface area contributed by atoms with Gasteiger partial charge in [0, 0.05) is 12.6 Å². The first kappa shape index (κ1) is 13.8. The van der Waals surface area contributed by atoms with E-state index < -0.39 is 0 Å². The van der Waals surface area contributed by atoms with Crippen molar-refractivity contribution >= 4 is 12.0 Å². The Balaban J connectivity index is 1.78. The lowest BCUT2D eigenvalue weighted by Crippen LogP contribution is -2.31. The van der Waals surface area contributed by atoms with Gasteiger partial charge in [-0.1, -0.05) is 31.2 Å². The Labute approximate surface area is 114 Å². The smallest absolute Gasteiger partial charge is 0.244 e. The number of carbonyl (C=O) groups excluding carboxylic acids is 1. The SMILES string of the molecule is CCc1ccc(C=CC(=O)NCC(O)C2CC2)cc1. The van der Waals surface area contributed by atoms with E-state index in [1.807, 2.05) is 12.1 Å². The number of aliphatic hydroxyl groups excluding tert-OH is 1. The third-order valence-electron chi connectivity index (χ3n) is 3.47. The molecule has 0 saturated heterocycles. The number of amides is 1. The molecule has 0 bridgehead atoms. The molecule has 1 aliphatic rings. The summed E-state index contributed by atoms with van der Waals surface area (Å²) in [7, 11) is 0. The Morgan fingerprint density at radius 3 is 2.68 bits per heavy atom. The zero-order valence-corrected chi connectivity index (χ0v) is 11.3. The van der Waals surface area contributed by atoms with E-state index in [-0.39, 0.29) is 12.0 Å². The minimum absolute atomic E-state index is 0.153. The highest BCUT2D eigenvalue weighted by Gasteiger charge is 2.29. The van der Waals surface area contributed by atoms with Crippen LogP contribution in [0.2, 0.25) is 0 Å². The molecule has 19 heavy (non-hydrogen) atoms. The third-order valence-corrected chi connectivity index (χ3v) is 3.47. The molecule has 0 spiro atoms. The van der Waals surface area contributed by atoms with E-state index in [0.29, 0.717) is 12.5 Å². The number of hydrogen-bond acceptors (Lipinski definition) is 2. The van der Waals surface area contributed by atoms with Crippen LogP contribution in [-0.2, 0) is 11.2 Å². The van der Waals surface area contributed by atoms with Crippen LogP contribution in [0.15, 0.2) is 30.3 Å². The molecule has 0 aliphatic heterocycles. The van der Waals surface area contributed by atoms with Crippen LogP contribution in [-0.4, -0.2) is 23.7 Å². The highest BCUT2D eigenvalue weighted by atomic mass is 16.3. The van der Waals surface area contributed by atoms with Gasteiger partial charge in [0.15, 0.2) is 0 Å². The lowest BCUT2D eigenvalue weighted by molar-refractivity contribution is -0.116. The molecule has 1 saturated carbocycles. The van der Waals surface area contributed by atoms with Crippen molar-refractivity contribution in [3.05, 3.63) is 41.5 Å². The molecule has 0 heterocycles. The Bertz CT molecular complexity index is 446. The second kappa shape index (κ2) is 6.53. The number of hydrogen-bond donors (Lipinski definition) is 2. The van der Waals surface area contributed by atoms with Crippen molar-refractivity contribution in [3.8, 4) is 0 Å². The predicted molar refractivity (Wildman–Crippen MR) is 76.6 cm³/mol.